The summed E-state index contributed by atoms with van der Waals surface area (Å²) in [6.45, 7) is 4.93. The number of quaternary nitrogens is 1. The molecular formula is C9H21NO4PS+. The Kier molecular flexibility index (Phi) is 7.01. The van der Waals surface area contributed by atoms with E-state index in [2.05, 4.69) is 0 Å². The van der Waals surface area contributed by atoms with Gasteiger partial charge in [0.1, 0.15) is 6.54 Å². The Balaban J connectivity index is 4.83. The van der Waals surface area contributed by atoms with Crippen LogP contribution >= 0.6 is 18.6 Å². The second-order valence-electron chi connectivity index (χ2n) is 4.31. The molecule has 0 amide bonds. The van der Waals surface area contributed by atoms with Crippen molar-refractivity contribution in [3.8, 4) is 0 Å². The van der Waals surface area contributed by atoms with Gasteiger partial charge in [0.25, 0.3) is 0 Å². The van der Waals surface area contributed by atoms with Crippen molar-refractivity contribution in [2.24, 2.45) is 0 Å². The molecule has 96 valence electrons. The highest BCUT2D eigenvalue weighted by Crippen LogP contribution is 2.43. The van der Waals surface area contributed by atoms with E-state index in [1.54, 1.807) is 0 Å². The predicted molar refractivity (Wildman–Crippen MR) is 64.1 cm³/mol. The lowest BCUT2D eigenvalue weighted by atomic mass is 10.5. The van der Waals surface area contributed by atoms with Gasteiger partial charge in [0, 0.05) is 13.2 Å². The summed E-state index contributed by atoms with van der Waals surface area (Å²) in [4.78, 5) is 10.9. The Hall–Kier alpha value is 0.290. The van der Waals surface area contributed by atoms with E-state index in [4.69, 9.17) is 9.47 Å². The number of hydrogen-bond donors (Lipinski definition) is 0. The summed E-state index contributed by atoms with van der Waals surface area (Å²) in [7, 11) is 3.28. The highest BCUT2D eigenvalue weighted by atomic mass is 32.7. The summed E-state index contributed by atoms with van der Waals surface area (Å²) in [6, 6.07) is 0. The lowest BCUT2D eigenvalue weighted by Gasteiger charge is -2.34. The fraction of sp³-hybridized carbons (Fsp3) is 1.00. The first kappa shape index (κ1) is 16.3. The van der Waals surface area contributed by atoms with Crippen LogP contribution in [0.2, 0.25) is 0 Å². The zero-order chi connectivity index (χ0) is 12.8. The maximum atomic E-state index is 10.9. The summed E-state index contributed by atoms with van der Waals surface area (Å²) in [5.74, 6) is 0. The van der Waals surface area contributed by atoms with Crippen LogP contribution in [-0.4, -0.2) is 50.5 Å². The molecule has 16 heavy (non-hydrogen) atoms. The minimum atomic E-state index is -2.61. The molecule has 0 aromatic carbocycles. The standard InChI is InChI=1S/C9H21NO4PS/c1-6-13-9(14-7-2,16-15(11)12)8-10(3,4)5/h6-8H2,1-5H3/q+1. The van der Waals surface area contributed by atoms with Gasteiger partial charge in [-0.25, -0.2) is 0 Å². The second kappa shape index (κ2) is 6.89. The normalized spacial score (nSPS) is 14.0. The summed E-state index contributed by atoms with van der Waals surface area (Å²) in [5, 5.41) is -1.10. The highest BCUT2D eigenvalue weighted by molar-refractivity contribution is 8.50. The minimum Gasteiger partial charge on any atom is -0.584 e. The topological polar surface area (TPSA) is 58.6 Å². The zero-order valence-electron chi connectivity index (χ0n) is 10.6. The number of likely N-dealkylation sites (N-methyl/N-ethyl adjacent to an activating group) is 1. The first-order valence-electron chi connectivity index (χ1n) is 5.16. The van der Waals surface area contributed by atoms with E-state index in [-0.39, 0.29) is 0 Å². The summed E-state index contributed by atoms with van der Waals surface area (Å²) in [5.41, 5.74) is 0. The molecule has 7 heteroatoms. The first-order valence-corrected chi connectivity index (χ1v) is 7.76. The van der Waals surface area contributed by atoms with Gasteiger partial charge in [0.2, 0.25) is 0 Å². The number of rotatable bonds is 8. The van der Waals surface area contributed by atoms with E-state index < -0.39 is 12.3 Å². The van der Waals surface area contributed by atoms with Crippen LogP contribution in [0.15, 0.2) is 0 Å². The lowest BCUT2D eigenvalue weighted by Crippen LogP contribution is -2.50. The minimum absolute atomic E-state index is 0.413. The molecular weight excluding hydrogens is 249 g/mol. The van der Waals surface area contributed by atoms with Crippen molar-refractivity contribution in [2.45, 2.75) is 19.0 Å². The van der Waals surface area contributed by atoms with Crippen molar-refractivity contribution < 1.29 is 23.4 Å². The monoisotopic (exact) mass is 270 g/mol. The Morgan fingerprint density at radius 1 is 1.25 bits per heavy atom. The fourth-order valence-electron chi connectivity index (χ4n) is 1.35. The lowest BCUT2D eigenvalue weighted by molar-refractivity contribution is -0.878. The average molecular weight is 270 g/mol. The molecule has 0 aliphatic rings. The number of ether oxygens (including phenoxy) is 2. The van der Waals surface area contributed by atoms with E-state index in [9.17, 15) is 9.46 Å². The van der Waals surface area contributed by atoms with Gasteiger partial charge in [-0.05, 0) is 13.8 Å². The van der Waals surface area contributed by atoms with Crippen LogP contribution < -0.4 is 4.89 Å². The van der Waals surface area contributed by atoms with Crippen molar-refractivity contribution >= 4 is 18.6 Å². The van der Waals surface area contributed by atoms with Crippen molar-refractivity contribution in [3.05, 3.63) is 0 Å². The van der Waals surface area contributed by atoms with E-state index in [1.807, 2.05) is 35.0 Å². The summed E-state index contributed by atoms with van der Waals surface area (Å²) in [6.07, 6.45) is 0. The average Bonchev–Trinajstić information content (AvgIpc) is 1.98. The molecule has 0 spiro atoms. The fourth-order valence-corrected chi connectivity index (χ4v) is 3.53. The highest BCUT2D eigenvalue weighted by Gasteiger charge is 2.45. The van der Waals surface area contributed by atoms with Crippen LogP contribution in [0.3, 0.4) is 0 Å². The molecule has 0 heterocycles. The SMILES string of the molecule is CCOC(C[N+](C)(C)C)(OCC)S[P+](=O)[O-]. The maximum absolute atomic E-state index is 10.9. The Labute approximate surface area is 102 Å². The molecule has 1 unspecified atom stereocenters. The van der Waals surface area contributed by atoms with Gasteiger partial charge in [-0.15, -0.1) is 0 Å². The van der Waals surface area contributed by atoms with Gasteiger partial charge in [0.15, 0.2) is 11.4 Å². The van der Waals surface area contributed by atoms with E-state index in [0.717, 1.165) is 0 Å². The van der Waals surface area contributed by atoms with Crippen molar-refractivity contribution in [2.75, 3.05) is 40.9 Å². The molecule has 0 radical (unpaired) electrons. The molecule has 0 aromatic rings. The molecule has 0 rings (SSSR count). The molecule has 0 aliphatic carbocycles. The molecule has 0 saturated carbocycles. The molecule has 0 fully saturated rings. The van der Waals surface area contributed by atoms with E-state index in [0.29, 0.717) is 35.6 Å². The third-order valence-corrected chi connectivity index (χ3v) is 3.68. The van der Waals surface area contributed by atoms with Crippen molar-refractivity contribution in [1.82, 2.24) is 0 Å². The van der Waals surface area contributed by atoms with Crippen LogP contribution in [0.25, 0.3) is 0 Å². The molecule has 0 aliphatic heterocycles. The molecule has 0 saturated heterocycles. The zero-order valence-corrected chi connectivity index (χ0v) is 12.3. The van der Waals surface area contributed by atoms with Gasteiger partial charge in [-0.1, -0.05) is 4.57 Å². The summed E-state index contributed by atoms with van der Waals surface area (Å²) < 4.78 is 22.4. The first-order chi connectivity index (χ1) is 7.24. The maximum Gasteiger partial charge on any atom is 0.390 e. The van der Waals surface area contributed by atoms with Crippen LogP contribution in [0.4, 0.5) is 0 Å². The Bertz CT molecular complexity index is 226. The Morgan fingerprint density at radius 3 is 1.94 bits per heavy atom. The van der Waals surface area contributed by atoms with Gasteiger partial charge in [0.05, 0.1) is 21.1 Å². The van der Waals surface area contributed by atoms with E-state index >= 15 is 0 Å². The van der Waals surface area contributed by atoms with E-state index in [1.165, 1.54) is 0 Å². The van der Waals surface area contributed by atoms with Crippen molar-refractivity contribution in [1.29, 1.82) is 0 Å². The van der Waals surface area contributed by atoms with Crippen LogP contribution in [0, 0.1) is 0 Å². The van der Waals surface area contributed by atoms with Crippen LogP contribution in [-0.2, 0) is 14.0 Å². The second-order valence-corrected chi connectivity index (χ2v) is 7.01. The molecule has 0 bridgehead atoms. The van der Waals surface area contributed by atoms with Gasteiger partial charge < -0.3 is 18.9 Å². The van der Waals surface area contributed by atoms with Crippen LogP contribution in [0.5, 0.6) is 0 Å². The third-order valence-electron chi connectivity index (χ3n) is 1.61. The van der Waals surface area contributed by atoms with Gasteiger partial charge >= 0.3 is 12.3 Å². The third kappa shape index (κ3) is 6.78. The number of hydrogen-bond acceptors (Lipinski definition) is 5. The molecule has 1 atom stereocenters. The van der Waals surface area contributed by atoms with Crippen molar-refractivity contribution in [3.63, 3.8) is 0 Å². The predicted octanol–water partition coefficient (Wildman–Crippen LogP) is 1.17. The summed E-state index contributed by atoms with van der Waals surface area (Å²) >= 11 is 0.717. The largest absolute Gasteiger partial charge is 0.584 e. The smallest absolute Gasteiger partial charge is 0.390 e. The van der Waals surface area contributed by atoms with Gasteiger partial charge in [-0.2, -0.15) is 0 Å². The molecule has 0 aromatic heterocycles. The molecule has 0 N–H and O–H groups in total. The Morgan fingerprint density at radius 2 is 1.69 bits per heavy atom. The number of nitrogens with zero attached hydrogens (tertiary/aromatic N) is 1. The quantitative estimate of drug-likeness (QED) is 0.376. The van der Waals surface area contributed by atoms with Crippen LogP contribution in [0.1, 0.15) is 13.8 Å². The van der Waals surface area contributed by atoms with Gasteiger partial charge in [-0.3, -0.25) is 0 Å². The molecule has 5 nitrogen and oxygen atoms in total.